The molecule has 1 aromatic heterocycles. The Balaban J connectivity index is 1.59. The Morgan fingerprint density at radius 1 is 0.935 bits per heavy atom. The lowest BCUT2D eigenvalue weighted by atomic mass is 10.1. The molecule has 0 unspecified atom stereocenters. The molecule has 0 radical (unpaired) electrons. The van der Waals surface area contributed by atoms with Gasteiger partial charge in [0.1, 0.15) is 16.5 Å². The lowest BCUT2D eigenvalue weighted by Crippen LogP contribution is -2.14. The minimum absolute atomic E-state index is 0.171. The summed E-state index contributed by atoms with van der Waals surface area (Å²) < 4.78 is 10.6. The highest BCUT2D eigenvalue weighted by atomic mass is 32.2. The molecule has 0 saturated heterocycles. The van der Waals surface area contributed by atoms with E-state index < -0.39 is 0 Å². The van der Waals surface area contributed by atoms with Crippen LogP contribution in [0.5, 0.6) is 11.5 Å². The second-order valence-corrected chi connectivity index (χ2v) is 7.42. The largest absolute Gasteiger partial charge is 0.497 e. The molecule has 1 heterocycles. The number of nitrogens with one attached hydrogen (secondary N) is 2. The van der Waals surface area contributed by atoms with Crippen molar-refractivity contribution < 1.29 is 19.1 Å². The number of methoxy groups -OCH3 is 2. The minimum atomic E-state index is -0.187. The van der Waals surface area contributed by atoms with Crippen molar-refractivity contribution in [1.82, 2.24) is 10.2 Å². The number of rotatable bonds is 8. The number of thioether (sulfide) groups is 1. The Kier molecular flexibility index (Phi) is 7.45. The van der Waals surface area contributed by atoms with E-state index in [1.54, 1.807) is 50.6 Å². The monoisotopic (exact) mass is 438 g/mol. The Morgan fingerprint density at radius 3 is 2.35 bits per heavy atom. The van der Waals surface area contributed by atoms with Gasteiger partial charge >= 0.3 is 0 Å². The summed E-state index contributed by atoms with van der Waals surface area (Å²) in [5, 5.41) is 14.6. The van der Waals surface area contributed by atoms with Gasteiger partial charge in [-0.2, -0.15) is 0 Å². The topological polar surface area (TPSA) is 102 Å². The standard InChI is InChI=1S/C22H22N4O4S/c1-14(27)23-15-5-4-6-16(11-15)24-21(28)13-31-22-10-9-19(25-26-22)18-8-7-17(29-2)12-20(18)30-3/h4-12H,13H2,1-3H3,(H,23,27)(H,24,28). The summed E-state index contributed by atoms with van der Waals surface area (Å²) in [6.45, 7) is 1.43. The van der Waals surface area contributed by atoms with Crippen molar-refractivity contribution in [1.29, 1.82) is 0 Å². The maximum absolute atomic E-state index is 12.3. The number of anilines is 2. The first-order valence-corrected chi connectivity index (χ1v) is 10.3. The Bertz CT molecular complexity index is 1070. The van der Waals surface area contributed by atoms with Gasteiger partial charge in [-0.15, -0.1) is 10.2 Å². The van der Waals surface area contributed by atoms with E-state index in [2.05, 4.69) is 20.8 Å². The smallest absolute Gasteiger partial charge is 0.234 e. The number of benzene rings is 2. The second kappa shape index (κ2) is 10.4. The van der Waals surface area contributed by atoms with E-state index in [9.17, 15) is 9.59 Å². The van der Waals surface area contributed by atoms with Gasteiger partial charge in [-0.3, -0.25) is 9.59 Å². The zero-order valence-corrected chi connectivity index (χ0v) is 18.2. The third kappa shape index (κ3) is 6.19. The van der Waals surface area contributed by atoms with Crippen LogP contribution in [0.2, 0.25) is 0 Å². The molecule has 3 rings (SSSR count). The van der Waals surface area contributed by atoms with E-state index in [1.165, 1.54) is 18.7 Å². The highest BCUT2D eigenvalue weighted by Gasteiger charge is 2.11. The lowest BCUT2D eigenvalue weighted by molar-refractivity contribution is -0.114. The SMILES string of the molecule is COc1ccc(-c2ccc(SCC(=O)Nc3cccc(NC(C)=O)c3)nn2)c(OC)c1. The van der Waals surface area contributed by atoms with Crippen LogP contribution in [0.1, 0.15) is 6.92 Å². The molecule has 0 atom stereocenters. The van der Waals surface area contributed by atoms with E-state index in [0.717, 1.165) is 5.56 Å². The summed E-state index contributed by atoms with van der Waals surface area (Å²) in [4.78, 5) is 23.4. The van der Waals surface area contributed by atoms with Crippen LogP contribution in [0.15, 0.2) is 59.6 Å². The quantitative estimate of drug-likeness (QED) is 0.515. The molecular weight excluding hydrogens is 416 g/mol. The Hall–Kier alpha value is -3.59. The number of nitrogens with zero attached hydrogens (tertiary/aromatic N) is 2. The predicted octanol–water partition coefficient (Wildman–Crippen LogP) is 3.85. The molecule has 0 aliphatic carbocycles. The van der Waals surface area contributed by atoms with Crippen LogP contribution < -0.4 is 20.1 Å². The number of hydrogen-bond acceptors (Lipinski definition) is 7. The van der Waals surface area contributed by atoms with Crippen molar-refractivity contribution in [2.24, 2.45) is 0 Å². The van der Waals surface area contributed by atoms with Crippen molar-refractivity contribution in [2.75, 3.05) is 30.6 Å². The molecule has 8 nitrogen and oxygen atoms in total. The molecule has 0 aliphatic rings. The van der Waals surface area contributed by atoms with Crippen LogP contribution in [0.3, 0.4) is 0 Å². The minimum Gasteiger partial charge on any atom is -0.497 e. The maximum atomic E-state index is 12.3. The molecule has 9 heteroatoms. The normalized spacial score (nSPS) is 10.3. The van der Waals surface area contributed by atoms with Gasteiger partial charge in [-0.1, -0.05) is 17.8 Å². The van der Waals surface area contributed by atoms with Gasteiger partial charge in [0.25, 0.3) is 0 Å². The molecule has 3 aromatic rings. The van der Waals surface area contributed by atoms with E-state index in [4.69, 9.17) is 9.47 Å². The van der Waals surface area contributed by atoms with Crippen molar-refractivity contribution >= 4 is 35.0 Å². The first-order valence-electron chi connectivity index (χ1n) is 9.35. The third-order valence-electron chi connectivity index (χ3n) is 4.14. The van der Waals surface area contributed by atoms with Gasteiger partial charge in [0, 0.05) is 29.9 Å². The van der Waals surface area contributed by atoms with E-state index in [0.29, 0.717) is 33.6 Å². The summed E-state index contributed by atoms with van der Waals surface area (Å²) in [6.07, 6.45) is 0. The molecular formula is C22H22N4O4S. The van der Waals surface area contributed by atoms with Gasteiger partial charge < -0.3 is 20.1 Å². The van der Waals surface area contributed by atoms with Gasteiger partial charge in [-0.05, 0) is 42.5 Å². The fourth-order valence-electron chi connectivity index (χ4n) is 2.77. The molecule has 2 amide bonds. The molecule has 0 bridgehead atoms. The van der Waals surface area contributed by atoms with Crippen LogP contribution in [-0.4, -0.2) is 42.0 Å². The van der Waals surface area contributed by atoms with Crippen molar-refractivity contribution in [3.05, 3.63) is 54.6 Å². The number of carbonyl (C=O) groups excluding carboxylic acids is 2. The summed E-state index contributed by atoms with van der Waals surface area (Å²) in [7, 11) is 3.18. The van der Waals surface area contributed by atoms with Gasteiger partial charge in [0.05, 0.1) is 25.7 Å². The summed E-state index contributed by atoms with van der Waals surface area (Å²) in [6, 6.07) is 16.1. The molecule has 0 fully saturated rings. The van der Waals surface area contributed by atoms with Crippen molar-refractivity contribution in [2.45, 2.75) is 11.9 Å². The van der Waals surface area contributed by atoms with Gasteiger partial charge in [-0.25, -0.2) is 0 Å². The highest BCUT2D eigenvalue weighted by molar-refractivity contribution is 7.99. The van der Waals surface area contributed by atoms with Gasteiger partial charge in [0.2, 0.25) is 11.8 Å². The van der Waals surface area contributed by atoms with E-state index >= 15 is 0 Å². The molecule has 31 heavy (non-hydrogen) atoms. The number of hydrogen-bond donors (Lipinski definition) is 2. The van der Waals surface area contributed by atoms with Crippen LogP contribution in [0.4, 0.5) is 11.4 Å². The Morgan fingerprint density at radius 2 is 1.71 bits per heavy atom. The van der Waals surface area contributed by atoms with E-state index in [1.807, 2.05) is 18.2 Å². The van der Waals surface area contributed by atoms with Crippen LogP contribution in [0, 0.1) is 0 Å². The molecule has 2 aromatic carbocycles. The molecule has 0 saturated carbocycles. The number of carbonyl (C=O) groups is 2. The first-order chi connectivity index (χ1) is 15.0. The molecule has 2 N–H and O–H groups in total. The maximum Gasteiger partial charge on any atom is 0.234 e. The number of amides is 2. The summed E-state index contributed by atoms with van der Waals surface area (Å²) >= 11 is 1.28. The van der Waals surface area contributed by atoms with Gasteiger partial charge in [0.15, 0.2) is 0 Å². The summed E-state index contributed by atoms with van der Waals surface area (Å²) in [5.41, 5.74) is 2.67. The summed E-state index contributed by atoms with van der Waals surface area (Å²) in [5.74, 6) is 1.13. The highest BCUT2D eigenvalue weighted by Crippen LogP contribution is 2.32. The zero-order chi connectivity index (χ0) is 22.2. The molecule has 0 spiro atoms. The van der Waals surface area contributed by atoms with Crippen molar-refractivity contribution in [3.8, 4) is 22.8 Å². The molecule has 160 valence electrons. The van der Waals surface area contributed by atoms with Crippen molar-refractivity contribution in [3.63, 3.8) is 0 Å². The zero-order valence-electron chi connectivity index (χ0n) is 17.3. The average Bonchev–Trinajstić information content (AvgIpc) is 2.77. The van der Waals surface area contributed by atoms with Crippen LogP contribution in [0.25, 0.3) is 11.3 Å². The average molecular weight is 439 g/mol. The fourth-order valence-corrected chi connectivity index (χ4v) is 3.38. The predicted molar refractivity (Wildman–Crippen MR) is 121 cm³/mol. The number of ether oxygens (including phenoxy) is 2. The first kappa shape index (κ1) is 22.1. The third-order valence-corrected chi connectivity index (χ3v) is 5.06. The van der Waals surface area contributed by atoms with Crippen LogP contribution in [-0.2, 0) is 9.59 Å². The lowest BCUT2D eigenvalue weighted by Gasteiger charge is -2.10. The van der Waals surface area contributed by atoms with E-state index in [-0.39, 0.29) is 17.6 Å². The molecule has 0 aliphatic heterocycles. The fraction of sp³-hybridized carbons (Fsp3) is 0.182. The Labute approximate surface area is 184 Å². The second-order valence-electron chi connectivity index (χ2n) is 6.42. The number of aromatic nitrogens is 2. The van der Waals surface area contributed by atoms with Crippen LogP contribution >= 0.6 is 11.8 Å².